The summed E-state index contributed by atoms with van der Waals surface area (Å²) in [5.41, 5.74) is 1.30. The smallest absolute Gasteiger partial charge is 0.391 e. The van der Waals surface area contributed by atoms with Crippen molar-refractivity contribution in [2.24, 2.45) is 13.0 Å². The van der Waals surface area contributed by atoms with E-state index in [0.29, 0.717) is 68.4 Å². The standard InChI is InChI=1S/C29H32F3N9O3/c1-17-13-18(3-4-19(17)27(43)39-9-11-40(12-10-39)28(44)20-5-6-33-15-23(20)42)36-25-26-35-14-22(41(26)8-7-34-25)21-16-38(2)37-24(21)29(30,31)32/h3-4,7-8,13-14,16,20,23,33,42H,5-6,9-12,15H2,1-2H3,(H,34,36)/t20-,23+/m0/s1. The van der Waals surface area contributed by atoms with Gasteiger partial charge in [-0.15, -0.1) is 0 Å². The Kier molecular flexibility index (Phi) is 7.75. The topological polar surface area (TPSA) is 133 Å². The first-order chi connectivity index (χ1) is 21.0. The van der Waals surface area contributed by atoms with E-state index in [4.69, 9.17) is 0 Å². The van der Waals surface area contributed by atoms with Crippen LogP contribution in [0.2, 0.25) is 0 Å². The lowest BCUT2D eigenvalue weighted by Gasteiger charge is -2.38. The SMILES string of the molecule is Cc1cc(Nc2nccn3c(-c4cn(C)nc4C(F)(F)F)cnc23)ccc1C(=O)N1CCN(C(=O)[C@H]2CCNC[C@H]2O)CC1. The van der Waals surface area contributed by atoms with Gasteiger partial charge >= 0.3 is 6.18 Å². The van der Waals surface area contributed by atoms with Gasteiger partial charge in [0.25, 0.3) is 5.91 Å². The first-order valence-electron chi connectivity index (χ1n) is 14.3. The van der Waals surface area contributed by atoms with E-state index < -0.39 is 23.9 Å². The third kappa shape index (κ3) is 5.59. The van der Waals surface area contributed by atoms with Crippen molar-refractivity contribution < 1.29 is 27.9 Å². The Bertz CT molecular complexity index is 1710. The van der Waals surface area contributed by atoms with Gasteiger partial charge in [-0.1, -0.05) is 0 Å². The molecule has 2 aliphatic rings. The lowest BCUT2D eigenvalue weighted by atomic mass is 9.93. The van der Waals surface area contributed by atoms with E-state index in [9.17, 15) is 27.9 Å². The Labute approximate surface area is 250 Å². The van der Waals surface area contributed by atoms with E-state index in [2.05, 4.69) is 25.7 Å². The molecule has 2 aliphatic heterocycles. The first-order valence-corrected chi connectivity index (χ1v) is 14.3. The minimum absolute atomic E-state index is 0.0628. The second-order valence-electron chi connectivity index (χ2n) is 11.1. The molecule has 3 N–H and O–H groups in total. The number of aryl methyl sites for hydroxylation is 2. The van der Waals surface area contributed by atoms with Crippen LogP contribution < -0.4 is 10.6 Å². The predicted octanol–water partition coefficient (Wildman–Crippen LogP) is 2.46. The van der Waals surface area contributed by atoms with Crippen LogP contribution in [0.5, 0.6) is 0 Å². The Morgan fingerprint density at radius 2 is 1.86 bits per heavy atom. The number of carbonyl (C=O) groups excluding carboxylic acids is 2. The molecule has 6 rings (SSSR count). The van der Waals surface area contributed by atoms with Crippen LogP contribution >= 0.6 is 0 Å². The van der Waals surface area contributed by atoms with E-state index in [1.54, 1.807) is 28.0 Å². The van der Waals surface area contributed by atoms with Crippen molar-refractivity contribution in [3.8, 4) is 11.3 Å². The maximum Gasteiger partial charge on any atom is 0.435 e. The number of benzene rings is 1. The summed E-state index contributed by atoms with van der Waals surface area (Å²) >= 11 is 0. The lowest BCUT2D eigenvalue weighted by Crippen LogP contribution is -2.55. The molecule has 44 heavy (non-hydrogen) atoms. The summed E-state index contributed by atoms with van der Waals surface area (Å²) in [6.45, 7) is 4.52. The van der Waals surface area contributed by atoms with Crippen LogP contribution in [0.1, 0.15) is 28.0 Å². The highest BCUT2D eigenvalue weighted by Gasteiger charge is 2.38. The molecule has 5 heterocycles. The van der Waals surface area contributed by atoms with Crippen molar-refractivity contribution in [1.29, 1.82) is 0 Å². The number of nitrogens with zero attached hydrogens (tertiary/aromatic N) is 7. The van der Waals surface area contributed by atoms with Crippen molar-refractivity contribution in [3.63, 3.8) is 0 Å². The molecule has 2 saturated heterocycles. The molecule has 1 aromatic carbocycles. The number of imidazole rings is 1. The molecule has 3 aromatic heterocycles. The van der Waals surface area contributed by atoms with E-state index in [-0.39, 0.29) is 23.1 Å². The molecule has 0 saturated carbocycles. The molecule has 15 heteroatoms. The molecule has 0 spiro atoms. The number of fused-ring (bicyclic) bond motifs is 1. The fraction of sp³-hybridized carbons (Fsp3) is 0.414. The molecule has 2 fully saturated rings. The van der Waals surface area contributed by atoms with Crippen LogP contribution in [0.3, 0.4) is 0 Å². The Morgan fingerprint density at radius 3 is 2.57 bits per heavy atom. The minimum Gasteiger partial charge on any atom is -0.391 e. The van der Waals surface area contributed by atoms with Gasteiger partial charge in [-0.3, -0.25) is 18.7 Å². The number of rotatable bonds is 5. The molecule has 0 unspecified atom stereocenters. The largest absolute Gasteiger partial charge is 0.435 e. The zero-order valence-electron chi connectivity index (χ0n) is 24.2. The molecule has 0 radical (unpaired) electrons. The number of β-amino-alcohol motifs (C(OH)–C–C–N with tert-alkyl or cyclic N) is 1. The fourth-order valence-corrected chi connectivity index (χ4v) is 5.88. The van der Waals surface area contributed by atoms with Crippen LogP contribution in [0.4, 0.5) is 24.7 Å². The van der Waals surface area contributed by atoms with E-state index in [0.717, 1.165) is 10.2 Å². The molecule has 0 bridgehead atoms. The van der Waals surface area contributed by atoms with Crippen molar-refractivity contribution in [2.45, 2.75) is 25.6 Å². The maximum atomic E-state index is 13.6. The van der Waals surface area contributed by atoms with Crippen molar-refractivity contribution in [3.05, 3.63) is 59.8 Å². The summed E-state index contributed by atoms with van der Waals surface area (Å²) in [5.74, 6) is -0.290. The number of aliphatic hydroxyl groups excluding tert-OH is 1. The highest BCUT2D eigenvalue weighted by molar-refractivity contribution is 5.96. The summed E-state index contributed by atoms with van der Waals surface area (Å²) in [7, 11) is 1.43. The fourth-order valence-electron chi connectivity index (χ4n) is 5.88. The van der Waals surface area contributed by atoms with Gasteiger partial charge < -0.3 is 25.5 Å². The number of hydrogen-bond acceptors (Lipinski definition) is 8. The normalized spacial score (nSPS) is 19.4. The molecule has 2 atom stereocenters. The van der Waals surface area contributed by atoms with Gasteiger partial charge in [-0.25, -0.2) is 9.97 Å². The van der Waals surface area contributed by atoms with Gasteiger partial charge in [0.2, 0.25) is 5.91 Å². The average molecular weight is 612 g/mol. The van der Waals surface area contributed by atoms with Crippen LogP contribution in [-0.2, 0) is 18.0 Å². The number of nitrogens with one attached hydrogen (secondary N) is 2. The third-order valence-electron chi connectivity index (χ3n) is 8.17. The molecular weight excluding hydrogens is 579 g/mol. The van der Waals surface area contributed by atoms with Crippen LogP contribution in [0.25, 0.3) is 16.9 Å². The minimum atomic E-state index is -4.63. The van der Waals surface area contributed by atoms with Gasteiger partial charge in [0.15, 0.2) is 17.2 Å². The van der Waals surface area contributed by atoms with Gasteiger partial charge in [0.05, 0.1) is 29.5 Å². The number of aliphatic hydroxyl groups is 1. The zero-order chi connectivity index (χ0) is 31.2. The van der Waals surface area contributed by atoms with Gasteiger partial charge in [0.1, 0.15) is 0 Å². The van der Waals surface area contributed by atoms with Crippen LogP contribution in [0, 0.1) is 12.8 Å². The molecule has 0 aliphatic carbocycles. The average Bonchev–Trinajstić information content (AvgIpc) is 3.61. The summed E-state index contributed by atoms with van der Waals surface area (Å²) in [6.07, 6.45) is 0.905. The summed E-state index contributed by atoms with van der Waals surface area (Å²) in [6, 6.07) is 5.24. The monoisotopic (exact) mass is 611 g/mol. The molecule has 2 amide bonds. The number of piperidine rings is 1. The molecule has 232 valence electrons. The second kappa shape index (κ2) is 11.5. The number of piperazine rings is 1. The molecular formula is C29H32F3N9O3. The maximum absolute atomic E-state index is 13.6. The van der Waals surface area contributed by atoms with Gasteiger partial charge in [0, 0.05) is 69.6 Å². The number of hydrogen-bond donors (Lipinski definition) is 3. The van der Waals surface area contributed by atoms with Gasteiger partial charge in [-0.05, 0) is 43.7 Å². The number of carbonyl (C=O) groups is 2. The zero-order valence-corrected chi connectivity index (χ0v) is 24.2. The predicted molar refractivity (Wildman–Crippen MR) is 154 cm³/mol. The number of halogens is 3. The highest BCUT2D eigenvalue weighted by Crippen LogP contribution is 2.36. The molecule has 4 aromatic rings. The summed E-state index contributed by atoms with van der Waals surface area (Å²) in [5, 5.41) is 20.1. The summed E-state index contributed by atoms with van der Waals surface area (Å²) < 4.78 is 43.5. The third-order valence-corrected chi connectivity index (χ3v) is 8.17. The number of anilines is 2. The van der Waals surface area contributed by atoms with E-state index in [1.807, 2.05) is 6.92 Å². The Hall–Kier alpha value is -4.50. The van der Waals surface area contributed by atoms with Gasteiger partial charge in [-0.2, -0.15) is 18.3 Å². The van der Waals surface area contributed by atoms with Crippen LogP contribution in [-0.4, -0.2) is 96.2 Å². The van der Waals surface area contributed by atoms with Crippen molar-refractivity contribution in [1.82, 2.24) is 39.3 Å². The quantitative estimate of drug-likeness (QED) is 0.314. The number of aromatic nitrogens is 5. The molecule has 12 nitrogen and oxygen atoms in total. The number of amides is 2. The van der Waals surface area contributed by atoms with E-state index >= 15 is 0 Å². The number of alkyl halides is 3. The first kappa shape index (κ1) is 29.6. The van der Waals surface area contributed by atoms with Crippen LogP contribution in [0.15, 0.2) is 43.0 Å². The van der Waals surface area contributed by atoms with Crippen molar-refractivity contribution in [2.75, 3.05) is 44.6 Å². The van der Waals surface area contributed by atoms with Crippen molar-refractivity contribution >= 4 is 29.0 Å². The van der Waals surface area contributed by atoms with E-state index in [1.165, 1.54) is 36.2 Å². The lowest BCUT2D eigenvalue weighted by molar-refractivity contribution is -0.142. The highest BCUT2D eigenvalue weighted by atomic mass is 19.4. The second-order valence-corrected chi connectivity index (χ2v) is 11.1. The Balaban J connectivity index is 1.15. The Morgan fingerprint density at radius 1 is 1.11 bits per heavy atom. The summed E-state index contributed by atoms with van der Waals surface area (Å²) in [4.78, 5) is 38.4.